The number of carbonyl (C=O) groups is 1. The van der Waals surface area contributed by atoms with E-state index in [0.29, 0.717) is 18.6 Å². The Kier molecular flexibility index (Phi) is 5.50. The molecule has 2 aliphatic heterocycles. The molecule has 196 valence electrons. The summed E-state index contributed by atoms with van der Waals surface area (Å²) in [5, 5.41) is 0. The van der Waals surface area contributed by atoms with Crippen molar-refractivity contribution in [3.63, 3.8) is 0 Å². The number of rotatable bonds is 8. The molecule has 6 atom stereocenters. The number of nitrogens with zero attached hydrogens (tertiary/aromatic N) is 1. The summed E-state index contributed by atoms with van der Waals surface area (Å²) in [5.74, 6) is 3.07. The van der Waals surface area contributed by atoms with E-state index in [0.717, 1.165) is 55.2 Å². The normalized spacial score (nSPS) is 35.5. The van der Waals surface area contributed by atoms with Gasteiger partial charge in [-0.1, -0.05) is 43.3 Å². The van der Waals surface area contributed by atoms with Gasteiger partial charge in [0.1, 0.15) is 24.1 Å². The van der Waals surface area contributed by atoms with Gasteiger partial charge in [0.05, 0.1) is 5.92 Å². The number of Topliss-reactive ketones (excluding diaryl/α,β-unsaturated/α-hetero) is 1. The molecule has 3 aliphatic carbocycles. The number of ketones is 1. The number of piperidine rings is 1. The first kappa shape index (κ1) is 23.7. The number of likely N-dealkylation sites (tertiary alicyclic amines) is 1. The maximum Gasteiger partial charge on any atom is 0.166 e. The van der Waals surface area contributed by atoms with E-state index in [1.807, 2.05) is 18.2 Å². The van der Waals surface area contributed by atoms with Crippen LogP contribution in [-0.2, 0) is 28.0 Å². The first-order valence-corrected chi connectivity index (χ1v) is 14.3. The van der Waals surface area contributed by atoms with Crippen LogP contribution in [0.4, 0.5) is 0 Å². The molecule has 7 rings (SSSR count). The number of methoxy groups -OCH3 is 1. The molecular formula is C32H39NO4. The fourth-order valence-corrected chi connectivity index (χ4v) is 8.75. The average molecular weight is 502 g/mol. The standard InChI is InChI=1S/C32H39NO4/c1-4-32(35-3)24(20(2)34)17-25-26-16-23-12-13-27(36-19-22-8-6-5-7-9-22)29-28(23)31(25,30(32)37-29)14-15-33(26)18-21-10-11-21/h5-9,12-13,21,24-26,30H,4,10-11,14-19H2,1-3H3/t24-,25?,26-,30-,31+,32-/m1/s1. The lowest BCUT2D eigenvalue weighted by Gasteiger charge is -2.63. The van der Waals surface area contributed by atoms with Gasteiger partial charge in [-0.25, -0.2) is 0 Å². The molecule has 1 spiro atoms. The van der Waals surface area contributed by atoms with E-state index >= 15 is 0 Å². The van der Waals surface area contributed by atoms with Gasteiger partial charge >= 0.3 is 0 Å². The van der Waals surface area contributed by atoms with Crippen molar-refractivity contribution in [1.82, 2.24) is 4.90 Å². The summed E-state index contributed by atoms with van der Waals surface area (Å²) < 4.78 is 19.9. The lowest BCUT2D eigenvalue weighted by molar-refractivity contribution is -0.204. The maximum atomic E-state index is 13.2. The molecule has 5 heteroatoms. The van der Waals surface area contributed by atoms with Gasteiger partial charge in [0, 0.05) is 30.7 Å². The van der Waals surface area contributed by atoms with Gasteiger partial charge in [-0.05, 0) is 81.0 Å². The molecule has 2 aromatic carbocycles. The minimum absolute atomic E-state index is 0.127. The molecule has 2 bridgehead atoms. The fraction of sp³-hybridized carbons (Fsp3) is 0.594. The van der Waals surface area contributed by atoms with E-state index in [-0.39, 0.29) is 23.2 Å². The smallest absolute Gasteiger partial charge is 0.166 e. The highest BCUT2D eigenvalue weighted by atomic mass is 16.6. The van der Waals surface area contributed by atoms with Gasteiger partial charge in [0.15, 0.2) is 11.5 Å². The Hall–Kier alpha value is -2.37. The Bertz CT molecular complexity index is 1200. The Labute approximate surface area is 220 Å². The molecule has 2 saturated carbocycles. The molecule has 3 fully saturated rings. The first-order chi connectivity index (χ1) is 18.0. The Morgan fingerprint density at radius 2 is 1.97 bits per heavy atom. The van der Waals surface area contributed by atoms with Gasteiger partial charge in [-0.15, -0.1) is 0 Å². The molecule has 1 saturated heterocycles. The van der Waals surface area contributed by atoms with Crippen LogP contribution in [0.2, 0.25) is 0 Å². The van der Waals surface area contributed by atoms with Crippen LogP contribution in [0.15, 0.2) is 42.5 Å². The van der Waals surface area contributed by atoms with Crippen molar-refractivity contribution < 1.29 is 19.0 Å². The van der Waals surface area contributed by atoms with Crippen LogP contribution in [0.1, 0.15) is 62.6 Å². The maximum absolute atomic E-state index is 13.2. The molecule has 1 unspecified atom stereocenters. The second-order valence-electron chi connectivity index (χ2n) is 12.2. The molecule has 0 amide bonds. The zero-order valence-corrected chi connectivity index (χ0v) is 22.4. The molecule has 5 aliphatic rings. The van der Waals surface area contributed by atoms with E-state index in [1.165, 1.54) is 30.5 Å². The SMILES string of the molecule is CC[C@@]1(OC)[C@@H](C(C)=O)CC2[C@H]3Cc4ccc(OCc5ccccc5)c5c4[C@@]2(CCN3CC2CC2)[C@H]1O5. The number of carbonyl (C=O) groups excluding carboxylic acids is 1. The van der Waals surface area contributed by atoms with Gasteiger partial charge < -0.3 is 14.2 Å². The highest BCUT2D eigenvalue weighted by molar-refractivity contribution is 5.80. The highest BCUT2D eigenvalue weighted by Gasteiger charge is 2.72. The van der Waals surface area contributed by atoms with Crippen molar-refractivity contribution in [1.29, 1.82) is 0 Å². The molecule has 5 nitrogen and oxygen atoms in total. The van der Waals surface area contributed by atoms with E-state index in [2.05, 4.69) is 36.1 Å². The molecule has 2 heterocycles. The molecule has 0 aromatic heterocycles. The largest absolute Gasteiger partial charge is 0.485 e. The van der Waals surface area contributed by atoms with Crippen molar-refractivity contribution in [3.8, 4) is 11.5 Å². The Morgan fingerprint density at radius 1 is 1.16 bits per heavy atom. The summed E-state index contributed by atoms with van der Waals surface area (Å²) in [6.07, 6.45) is 6.29. The number of hydrogen-bond acceptors (Lipinski definition) is 5. The van der Waals surface area contributed by atoms with Crippen LogP contribution in [0.5, 0.6) is 11.5 Å². The predicted octanol–water partition coefficient (Wildman–Crippen LogP) is 5.33. The van der Waals surface area contributed by atoms with Crippen LogP contribution in [0.3, 0.4) is 0 Å². The van der Waals surface area contributed by atoms with Crippen LogP contribution in [0.25, 0.3) is 0 Å². The molecular weight excluding hydrogens is 462 g/mol. The van der Waals surface area contributed by atoms with Gasteiger partial charge in [0.2, 0.25) is 0 Å². The molecule has 0 N–H and O–H groups in total. The van der Waals surface area contributed by atoms with Crippen molar-refractivity contribution in [2.45, 2.75) is 82.1 Å². The summed E-state index contributed by atoms with van der Waals surface area (Å²) in [5.41, 5.74) is 3.16. The summed E-state index contributed by atoms with van der Waals surface area (Å²) in [4.78, 5) is 16.0. The predicted molar refractivity (Wildman–Crippen MR) is 142 cm³/mol. The summed E-state index contributed by atoms with van der Waals surface area (Å²) in [7, 11) is 1.79. The third-order valence-corrected chi connectivity index (χ3v) is 10.6. The monoisotopic (exact) mass is 501 g/mol. The van der Waals surface area contributed by atoms with Crippen LogP contribution >= 0.6 is 0 Å². The Morgan fingerprint density at radius 3 is 2.68 bits per heavy atom. The van der Waals surface area contributed by atoms with Crippen molar-refractivity contribution in [2.75, 3.05) is 20.2 Å². The van der Waals surface area contributed by atoms with E-state index < -0.39 is 5.60 Å². The topological polar surface area (TPSA) is 48.0 Å². The molecule has 2 aromatic rings. The first-order valence-electron chi connectivity index (χ1n) is 14.3. The van der Waals surface area contributed by atoms with Crippen LogP contribution in [-0.4, -0.2) is 48.6 Å². The van der Waals surface area contributed by atoms with Gasteiger partial charge in [0.25, 0.3) is 0 Å². The van der Waals surface area contributed by atoms with Crippen molar-refractivity contribution in [2.24, 2.45) is 17.8 Å². The van der Waals surface area contributed by atoms with Gasteiger partial charge in [-0.3, -0.25) is 9.69 Å². The second-order valence-corrected chi connectivity index (χ2v) is 12.2. The average Bonchev–Trinajstić information content (AvgIpc) is 3.67. The quantitative estimate of drug-likeness (QED) is 0.490. The van der Waals surface area contributed by atoms with E-state index in [4.69, 9.17) is 14.2 Å². The van der Waals surface area contributed by atoms with Crippen LogP contribution in [0, 0.1) is 17.8 Å². The number of benzene rings is 2. The van der Waals surface area contributed by atoms with Crippen molar-refractivity contribution in [3.05, 3.63) is 59.2 Å². The molecule has 0 radical (unpaired) electrons. The lowest BCUT2D eigenvalue weighted by Crippen LogP contribution is -2.73. The van der Waals surface area contributed by atoms with Crippen LogP contribution < -0.4 is 9.47 Å². The minimum atomic E-state index is -0.629. The third kappa shape index (κ3) is 3.32. The van der Waals surface area contributed by atoms with E-state index in [1.54, 1.807) is 14.0 Å². The second kappa shape index (κ2) is 8.57. The number of hydrogen-bond donors (Lipinski definition) is 0. The summed E-state index contributed by atoms with van der Waals surface area (Å²) >= 11 is 0. The van der Waals surface area contributed by atoms with E-state index in [9.17, 15) is 4.79 Å². The summed E-state index contributed by atoms with van der Waals surface area (Å²) in [6.45, 7) is 6.73. The Balaban J connectivity index is 1.35. The lowest BCUT2D eigenvalue weighted by atomic mass is 9.46. The fourth-order valence-electron chi connectivity index (χ4n) is 8.75. The zero-order valence-electron chi connectivity index (χ0n) is 22.4. The van der Waals surface area contributed by atoms with Crippen molar-refractivity contribution >= 4 is 5.78 Å². The van der Waals surface area contributed by atoms with Gasteiger partial charge in [-0.2, -0.15) is 0 Å². The number of ether oxygens (including phenoxy) is 3. The molecule has 37 heavy (non-hydrogen) atoms. The third-order valence-electron chi connectivity index (χ3n) is 10.6. The highest BCUT2D eigenvalue weighted by Crippen LogP contribution is 2.67. The zero-order chi connectivity index (χ0) is 25.4. The minimum Gasteiger partial charge on any atom is -0.485 e. The summed E-state index contributed by atoms with van der Waals surface area (Å²) in [6, 6.07) is 15.2.